The van der Waals surface area contributed by atoms with Crippen molar-refractivity contribution in [3.63, 3.8) is 0 Å². The zero-order chi connectivity index (χ0) is 15.0. The molecule has 3 nitrogen and oxygen atoms in total. The van der Waals surface area contributed by atoms with Crippen LogP contribution in [0.15, 0.2) is 42.5 Å². The van der Waals surface area contributed by atoms with Crippen molar-refractivity contribution in [3.05, 3.63) is 48.0 Å². The lowest BCUT2D eigenvalue weighted by atomic mass is 10.0. The number of nitrogens with two attached hydrogens (primary N) is 1. The molecule has 0 heterocycles. The molecule has 0 saturated heterocycles. The van der Waals surface area contributed by atoms with Crippen molar-refractivity contribution in [2.75, 3.05) is 6.54 Å². The number of nitrogens with one attached hydrogen (secondary N) is 1. The number of amides is 1. The van der Waals surface area contributed by atoms with E-state index in [9.17, 15) is 4.79 Å². The summed E-state index contributed by atoms with van der Waals surface area (Å²) in [6, 6.07) is 14.8. The Balaban J connectivity index is 1.73. The lowest BCUT2D eigenvalue weighted by molar-refractivity contribution is -0.123. The number of hydrogen-bond acceptors (Lipinski definition) is 2. The lowest BCUT2D eigenvalue weighted by Gasteiger charge is -2.24. The van der Waals surface area contributed by atoms with Gasteiger partial charge in [-0.15, -0.1) is 0 Å². The summed E-state index contributed by atoms with van der Waals surface area (Å²) in [7, 11) is 0. The minimum atomic E-state index is -0.326. The SMILES string of the molecule is CC(C)(CN)NC(=O)C1CC1c1ccc2ccccc2c1. The molecule has 0 aromatic heterocycles. The van der Waals surface area contributed by atoms with E-state index in [2.05, 4.69) is 35.6 Å². The molecule has 1 saturated carbocycles. The largest absolute Gasteiger partial charge is 0.350 e. The number of hydrogen-bond donors (Lipinski definition) is 2. The number of benzene rings is 2. The molecule has 1 fully saturated rings. The molecular weight excluding hydrogens is 260 g/mol. The lowest BCUT2D eigenvalue weighted by Crippen LogP contribution is -2.49. The predicted octanol–water partition coefficient (Wildman–Crippen LogP) is 2.80. The number of carbonyl (C=O) groups is 1. The third-order valence-corrected chi connectivity index (χ3v) is 4.30. The molecule has 0 radical (unpaired) electrons. The van der Waals surface area contributed by atoms with Crippen LogP contribution in [0.1, 0.15) is 31.7 Å². The summed E-state index contributed by atoms with van der Waals surface area (Å²) in [6.07, 6.45) is 0.935. The molecule has 0 spiro atoms. The molecule has 2 aromatic carbocycles. The molecule has 0 bridgehead atoms. The Morgan fingerprint density at radius 3 is 2.67 bits per heavy atom. The molecule has 2 aromatic rings. The van der Waals surface area contributed by atoms with Gasteiger partial charge in [-0.1, -0.05) is 42.5 Å². The van der Waals surface area contributed by atoms with Crippen molar-refractivity contribution in [1.82, 2.24) is 5.32 Å². The van der Waals surface area contributed by atoms with Gasteiger partial charge >= 0.3 is 0 Å². The standard InChI is InChI=1S/C18H22N2O/c1-18(2,11-19)20-17(21)16-10-15(16)14-8-7-12-5-3-4-6-13(12)9-14/h3-9,15-16H,10-11,19H2,1-2H3,(H,20,21). The Labute approximate surface area is 125 Å². The molecule has 1 amide bonds. The van der Waals surface area contributed by atoms with Crippen LogP contribution >= 0.6 is 0 Å². The average molecular weight is 282 g/mol. The molecule has 3 rings (SSSR count). The summed E-state index contributed by atoms with van der Waals surface area (Å²) in [6.45, 7) is 4.36. The summed E-state index contributed by atoms with van der Waals surface area (Å²) in [5.74, 6) is 0.573. The van der Waals surface area contributed by atoms with Gasteiger partial charge in [0, 0.05) is 18.0 Å². The van der Waals surface area contributed by atoms with Crippen LogP contribution in [0.3, 0.4) is 0 Å². The molecule has 1 aliphatic carbocycles. The van der Waals surface area contributed by atoms with E-state index in [4.69, 9.17) is 5.73 Å². The van der Waals surface area contributed by atoms with E-state index in [1.54, 1.807) is 0 Å². The normalized spacial score (nSPS) is 21.3. The highest BCUT2D eigenvalue weighted by molar-refractivity contribution is 5.86. The van der Waals surface area contributed by atoms with E-state index < -0.39 is 0 Å². The van der Waals surface area contributed by atoms with E-state index in [1.807, 2.05) is 26.0 Å². The van der Waals surface area contributed by atoms with Crippen LogP contribution in [0.5, 0.6) is 0 Å². The Kier molecular flexibility index (Phi) is 3.46. The Bertz CT molecular complexity index is 678. The fraction of sp³-hybridized carbons (Fsp3) is 0.389. The second-order valence-corrected chi connectivity index (χ2v) is 6.63. The maximum atomic E-state index is 12.3. The topological polar surface area (TPSA) is 55.1 Å². The third kappa shape index (κ3) is 2.93. The first-order valence-electron chi connectivity index (χ1n) is 7.51. The minimum absolute atomic E-state index is 0.0944. The Morgan fingerprint density at radius 2 is 1.95 bits per heavy atom. The van der Waals surface area contributed by atoms with Crippen molar-refractivity contribution in [2.45, 2.75) is 31.7 Å². The third-order valence-electron chi connectivity index (χ3n) is 4.30. The van der Waals surface area contributed by atoms with Gasteiger partial charge in [0.2, 0.25) is 5.91 Å². The minimum Gasteiger partial charge on any atom is -0.350 e. The van der Waals surface area contributed by atoms with Crippen LogP contribution < -0.4 is 11.1 Å². The van der Waals surface area contributed by atoms with Gasteiger partial charge in [0.15, 0.2) is 0 Å². The molecule has 21 heavy (non-hydrogen) atoms. The van der Waals surface area contributed by atoms with Crippen molar-refractivity contribution in [2.24, 2.45) is 11.7 Å². The van der Waals surface area contributed by atoms with E-state index in [-0.39, 0.29) is 17.4 Å². The van der Waals surface area contributed by atoms with Crippen LogP contribution in [0.4, 0.5) is 0 Å². The Hall–Kier alpha value is -1.87. The quantitative estimate of drug-likeness (QED) is 0.906. The summed E-state index contributed by atoms with van der Waals surface area (Å²) >= 11 is 0. The molecule has 3 N–H and O–H groups in total. The second-order valence-electron chi connectivity index (χ2n) is 6.63. The molecule has 0 aliphatic heterocycles. The first-order chi connectivity index (χ1) is 10.00. The van der Waals surface area contributed by atoms with Gasteiger partial charge in [-0.2, -0.15) is 0 Å². The number of carbonyl (C=O) groups excluding carboxylic acids is 1. The summed E-state index contributed by atoms with van der Waals surface area (Å²) < 4.78 is 0. The summed E-state index contributed by atoms with van der Waals surface area (Å²) in [4.78, 5) is 12.3. The van der Waals surface area contributed by atoms with Crippen LogP contribution in [-0.4, -0.2) is 18.0 Å². The van der Waals surface area contributed by atoms with Gasteiger partial charge in [0.05, 0.1) is 0 Å². The van der Waals surface area contributed by atoms with Crippen molar-refractivity contribution in [1.29, 1.82) is 0 Å². The monoisotopic (exact) mass is 282 g/mol. The molecule has 2 atom stereocenters. The highest BCUT2D eigenvalue weighted by Crippen LogP contribution is 2.48. The van der Waals surface area contributed by atoms with E-state index in [0.29, 0.717) is 12.5 Å². The molecule has 3 heteroatoms. The number of rotatable bonds is 4. The second kappa shape index (κ2) is 5.15. The fourth-order valence-corrected chi connectivity index (χ4v) is 2.77. The summed E-state index contributed by atoms with van der Waals surface area (Å²) in [5.41, 5.74) is 6.61. The van der Waals surface area contributed by atoms with Gasteiger partial charge in [0.1, 0.15) is 0 Å². The zero-order valence-electron chi connectivity index (χ0n) is 12.6. The van der Waals surface area contributed by atoms with E-state index in [0.717, 1.165) is 6.42 Å². The van der Waals surface area contributed by atoms with Crippen LogP contribution in [0.2, 0.25) is 0 Å². The fourth-order valence-electron chi connectivity index (χ4n) is 2.77. The average Bonchev–Trinajstić information content (AvgIpc) is 3.27. The van der Waals surface area contributed by atoms with Gasteiger partial charge < -0.3 is 11.1 Å². The van der Waals surface area contributed by atoms with Gasteiger partial charge in [-0.25, -0.2) is 0 Å². The summed E-state index contributed by atoms with van der Waals surface area (Å²) in [5, 5.41) is 5.52. The highest BCUT2D eigenvalue weighted by atomic mass is 16.2. The number of fused-ring (bicyclic) bond motifs is 1. The predicted molar refractivity (Wildman–Crippen MR) is 86.1 cm³/mol. The smallest absolute Gasteiger partial charge is 0.224 e. The van der Waals surface area contributed by atoms with Crippen molar-refractivity contribution in [3.8, 4) is 0 Å². The maximum absolute atomic E-state index is 12.3. The van der Waals surface area contributed by atoms with Crippen LogP contribution in [0.25, 0.3) is 10.8 Å². The van der Waals surface area contributed by atoms with Gasteiger partial charge in [-0.3, -0.25) is 4.79 Å². The molecular formula is C18H22N2O. The van der Waals surface area contributed by atoms with E-state index in [1.165, 1.54) is 16.3 Å². The van der Waals surface area contributed by atoms with Crippen molar-refractivity contribution < 1.29 is 4.79 Å². The van der Waals surface area contributed by atoms with Crippen LogP contribution in [-0.2, 0) is 4.79 Å². The molecule has 110 valence electrons. The molecule has 2 unspecified atom stereocenters. The highest BCUT2D eigenvalue weighted by Gasteiger charge is 2.44. The van der Waals surface area contributed by atoms with E-state index >= 15 is 0 Å². The zero-order valence-corrected chi connectivity index (χ0v) is 12.6. The van der Waals surface area contributed by atoms with Gasteiger partial charge in [-0.05, 0) is 42.5 Å². The van der Waals surface area contributed by atoms with Gasteiger partial charge in [0.25, 0.3) is 0 Å². The maximum Gasteiger partial charge on any atom is 0.224 e. The first-order valence-corrected chi connectivity index (χ1v) is 7.51. The molecule has 1 aliphatic rings. The Morgan fingerprint density at radius 1 is 1.24 bits per heavy atom. The first kappa shape index (κ1) is 14.1. The van der Waals surface area contributed by atoms with Crippen molar-refractivity contribution >= 4 is 16.7 Å². The van der Waals surface area contributed by atoms with Crippen LogP contribution in [0, 0.1) is 5.92 Å².